The number of carbonyl (C=O) groups is 2. The monoisotopic (exact) mass is 638 g/mol. The topological polar surface area (TPSA) is 118 Å². The van der Waals surface area contributed by atoms with E-state index in [4.69, 9.17) is 19.2 Å². The van der Waals surface area contributed by atoms with Gasteiger partial charge >= 0.3 is 6.09 Å². The number of anilines is 2. The van der Waals surface area contributed by atoms with Crippen molar-refractivity contribution >= 4 is 23.6 Å². The minimum atomic E-state index is -0.664. The second-order valence-corrected chi connectivity index (χ2v) is 11.5. The summed E-state index contributed by atoms with van der Waals surface area (Å²) in [7, 11) is 1.82. The highest BCUT2D eigenvalue weighted by molar-refractivity contribution is 5.94. The van der Waals surface area contributed by atoms with Gasteiger partial charge in [-0.1, -0.05) is 32.0 Å². The molecule has 0 saturated heterocycles. The second kappa shape index (κ2) is 15.0. The Morgan fingerprint density at radius 3 is 2.36 bits per heavy atom. The number of aromatic nitrogens is 2. The van der Waals surface area contributed by atoms with E-state index in [2.05, 4.69) is 48.2 Å². The smallest absolute Gasteiger partial charge is 0.414 e. The van der Waals surface area contributed by atoms with E-state index in [1.165, 1.54) is 5.56 Å². The van der Waals surface area contributed by atoms with Gasteiger partial charge in [0.15, 0.2) is 11.5 Å². The van der Waals surface area contributed by atoms with Gasteiger partial charge in [0.2, 0.25) is 18.6 Å². The molecule has 0 atom stereocenters. The van der Waals surface area contributed by atoms with E-state index in [9.17, 15) is 9.59 Å². The maximum absolute atomic E-state index is 13.0. The van der Waals surface area contributed by atoms with Crippen LogP contribution < -0.4 is 24.8 Å². The molecule has 1 aliphatic rings. The van der Waals surface area contributed by atoms with E-state index in [0.29, 0.717) is 35.0 Å². The average molecular weight is 639 g/mol. The predicted molar refractivity (Wildman–Crippen MR) is 182 cm³/mol. The number of hydrogen-bond acceptors (Lipinski definition) is 9. The zero-order valence-corrected chi connectivity index (χ0v) is 27.8. The van der Waals surface area contributed by atoms with Crippen LogP contribution in [0.2, 0.25) is 0 Å². The van der Waals surface area contributed by atoms with Gasteiger partial charge in [-0.15, -0.1) is 0 Å². The number of nitrogens with one attached hydrogen (secondary N) is 2. The number of rotatable bonds is 12. The fourth-order valence-electron chi connectivity index (χ4n) is 5.24. The van der Waals surface area contributed by atoms with E-state index in [1.54, 1.807) is 41.3 Å². The standard InChI is InChI=1S/C36H42N6O5/c1-7-42(8-2)18-17-41(6)34(43)27-11-13-28(14-12-27)38-35-39-30(29-15-9-23(3)24(4)25(29)5)20-33(40-35)47-36(44)37-21-26-10-16-31-32(19-26)46-22-45-31/h9-16,19-20H,7-8,17-18,21-22H2,1-6H3,(H,37,44)(H,38,39,40). The van der Waals surface area contributed by atoms with Crippen LogP contribution in [0.25, 0.3) is 11.3 Å². The zero-order valence-electron chi connectivity index (χ0n) is 27.8. The van der Waals surface area contributed by atoms with Gasteiger partial charge in [-0.05, 0) is 92.5 Å². The Hall–Kier alpha value is -5.16. The van der Waals surface area contributed by atoms with Crippen molar-refractivity contribution in [3.05, 3.63) is 88.5 Å². The normalized spacial score (nSPS) is 11.8. The molecule has 11 heteroatoms. The van der Waals surface area contributed by atoms with Crippen LogP contribution >= 0.6 is 0 Å². The van der Waals surface area contributed by atoms with Crippen LogP contribution in [0.3, 0.4) is 0 Å². The fourth-order valence-corrected chi connectivity index (χ4v) is 5.24. The van der Waals surface area contributed by atoms with Crippen LogP contribution in [0.15, 0.2) is 60.7 Å². The summed E-state index contributed by atoms with van der Waals surface area (Å²) in [6.45, 7) is 14.2. The molecule has 5 rings (SSSR count). The van der Waals surface area contributed by atoms with Gasteiger partial charge in [-0.3, -0.25) is 4.79 Å². The SMILES string of the molecule is CCN(CC)CCN(C)C(=O)c1ccc(Nc2nc(OC(=O)NCc3ccc4c(c3)OCO4)cc(-c3ccc(C)c(C)c3C)n2)cc1. The Morgan fingerprint density at radius 1 is 0.872 bits per heavy atom. The second-order valence-electron chi connectivity index (χ2n) is 11.5. The van der Waals surface area contributed by atoms with Crippen LogP contribution in [-0.4, -0.2) is 71.8 Å². The first-order valence-electron chi connectivity index (χ1n) is 15.8. The first kappa shape index (κ1) is 33.2. The molecule has 246 valence electrons. The summed E-state index contributed by atoms with van der Waals surface area (Å²) in [6, 6.07) is 18.3. The van der Waals surface area contributed by atoms with Crippen LogP contribution in [0.1, 0.15) is 46.5 Å². The molecule has 2 amide bonds. The highest BCUT2D eigenvalue weighted by Gasteiger charge is 2.17. The van der Waals surface area contributed by atoms with Gasteiger partial charge in [-0.25, -0.2) is 9.78 Å². The summed E-state index contributed by atoms with van der Waals surface area (Å²) < 4.78 is 16.4. The van der Waals surface area contributed by atoms with Crippen molar-refractivity contribution in [3.8, 4) is 28.6 Å². The predicted octanol–water partition coefficient (Wildman–Crippen LogP) is 6.24. The molecule has 0 radical (unpaired) electrons. The molecule has 11 nitrogen and oxygen atoms in total. The number of ether oxygens (including phenoxy) is 3. The maximum Gasteiger partial charge on any atom is 0.414 e. The first-order valence-corrected chi connectivity index (χ1v) is 15.8. The lowest BCUT2D eigenvalue weighted by Gasteiger charge is -2.23. The number of carbonyl (C=O) groups excluding carboxylic acids is 2. The summed E-state index contributed by atoms with van der Waals surface area (Å²) in [6.07, 6.45) is -0.664. The summed E-state index contributed by atoms with van der Waals surface area (Å²) in [4.78, 5) is 39.2. The Labute approximate surface area is 275 Å². The third kappa shape index (κ3) is 8.17. The quantitative estimate of drug-likeness (QED) is 0.186. The molecule has 0 bridgehead atoms. The third-order valence-corrected chi connectivity index (χ3v) is 8.49. The number of likely N-dealkylation sites (N-methyl/N-ethyl adjacent to an activating group) is 2. The van der Waals surface area contributed by atoms with Gasteiger partial charge in [-0.2, -0.15) is 4.98 Å². The third-order valence-electron chi connectivity index (χ3n) is 8.49. The largest absolute Gasteiger partial charge is 0.454 e. The Morgan fingerprint density at radius 2 is 1.62 bits per heavy atom. The number of aryl methyl sites for hydroxylation is 1. The molecule has 0 aliphatic carbocycles. The summed E-state index contributed by atoms with van der Waals surface area (Å²) in [5, 5.41) is 5.98. The Bertz CT molecular complexity index is 1740. The molecular formula is C36H42N6O5. The number of nitrogens with zero attached hydrogens (tertiary/aromatic N) is 4. The molecule has 47 heavy (non-hydrogen) atoms. The van der Waals surface area contributed by atoms with E-state index >= 15 is 0 Å². The summed E-state index contributed by atoms with van der Waals surface area (Å²) in [5.74, 6) is 1.59. The van der Waals surface area contributed by atoms with Gasteiger partial charge in [0.1, 0.15) is 0 Å². The number of fused-ring (bicyclic) bond motifs is 1. The lowest BCUT2D eigenvalue weighted by Crippen LogP contribution is -2.36. The van der Waals surface area contributed by atoms with E-state index in [1.807, 2.05) is 38.2 Å². The number of amides is 2. The Balaban J connectivity index is 1.32. The van der Waals surface area contributed by atoms with Crippen LogP contribution in [0.4, 0.5) is 16.4 Å². The summed E-state index contributed by atoms with van der Waals surface area (Å²) >= 11 is 0. The molecule has 4 aromatic rings. The molecule has 2 N–H and O–H groups in total. The van der Waals surface area contributed by atoms with Crippen molar-refractivity contribution in [2.24, 2.45) is 0 Å². The molecule has 0 fully saturated rings. The molecule has 3 aromatic carbocycles. The van der Waals surface area contributed by atoms with E-state index in [0.717, 1.165) is 41.9 Å². The van der Waals surface area contributed by atoms with E-state index in [-0.39, 0.29) is 31.1 Å². The average Bonchev–Trinajstić information content (AvgIpc) is 3.55. The van der Waals surface area contributed by atoms with Crippen molar-refractivity contribution < 1.29 is 23.8 Å². The van der Waals surface area contributed by atoms with Gasteiger partial charge in [0.05, 0.1) is 5.69 Å². The van der Waals surface area contributed by atoms with Crippen molar-refractivity contribution in [2.75, 3.05) is 45.3 Å². The van der Waals surface area contributed by atoms with Crippen molar-refractivity contribution in [1.29, 1.82) is 0 Å². The number of hydrogen-bond donors (Lipinski definition) is 2. The molecule has 0 spiro atoms. The van der Waals surface area contributed by atoms with Gasteiger partial charge in [0, 0.05) is 49.6 Å². The van der Waals surface area contributed by atoms with Crippen molar-refractivity contribution in [3.63, 3.8) is 0 Å². The van der Waals surface area contributed by atoms with E-state index < -0.39 is 6.09 Å². The van der Waals surface area contributed by atoms with Crippen LogP contribution in [0.5, 0.6) is 17.4 Å². The highest BCUT2D eigenvalue weighted by atomic mass is 16.7. The molecule has 1 aromatic heterocycles. The van der Waals surface area contributed by atoms with Crippen LogP contribution in [-0.2, 0) is 6.54 Å². The first-order chi connectivity index (χ1) is 22.6. The van der Waals surface area contributed by atoms with Crippen molar-refractivity contribution in [1.82, 2.24) is 25.1 Å². The minimum Gasteiger partial charge on any atom is -0.454 e. The molecule has 0 saturated carbocycles. The highest BCUT2D eigenvalue weighted by Crippen LogP contribution is 2.33. The lowest BCUT2D eigenvalue weighted by atomic mass is 9.97. The molecular weight excluding hydrogens is 596 g/mol. The fraction of sp³-hybridized carbons (Fsp3) is 0.333. The molecule has 0 unspecified atom stereocenters. The maximum atomic E-state index is 13.0. The summed E-state index contributed by atoms with van der Waals surface area (Å²) in [5.41, 5.74) is 7.00. The number of benzene rings is 3. The van der Waals surface area contributed by atoms with Gasteiger partial charge < -0.3 is 34.6 Å². The van der Waals surface area contributed by atoms with Crippen LogP contribution in [0, 0.1) is 20.8 Å². The van der Waals surface area contributed by atoms with Gasteiger partial charge in [0.25, 0.3) is 5.91 Å². The Kier molecular flexibility index (Phi) is 10.6. The molecule has 1 aliphatic heterocycles. The minimum absolute atomic E-state index is 0.0467. The van der Waals surface area contributed by atoms with Crippen molar-refractivity contribution in [2.45, 2.75) is 41.2 Å². The zero-order chi connectivity index (χ0) is 33.5. The molecule has 2 heterocycles. The lowest BCUT2D eigenvalue weighted by molar-refractivity contribution is 0.0779.